The topological polar surface area (TPSA) is 56.8 Å². The van der Waals surface area contributed by atoms with Crippen molar-refractivity contribution in [1.82, 2.24) is 0 Å². The van der Waals surface area contributed by atoms with E-state index in [2.05, 4.69) is 45.5 Å². The van der Waals surface area contributed by atoms with Crippen molar-refractivity contribution in [3.05, 3.63) is 63.1 Å². The van der Waals surface area contributed by atoms with Crippen LogP contribution in [0.4, 0.5) is 5.69 Å². The Morgan fingerprint density at radius 3 is 2.66 bits per heavy atom. The van der Waals surface area contributed by atoms with E-state index < -0.39 is 0 Å². The van der Waals surface area contributed by atoms with Crippen molar-refractivity contribution in [3.63, 3.8) is 0 Å². The van der Waals surface area contributed by atoms with Gasteiger partial charge in [0, 0.05) is 11.6 Å². The molecule has 1 heterocycles. The van der Waals surface area contributed by atoms with Crippen molar-refractivity contribution in [3.8, 4) is 11.5 Å². The molecule has 0 fully saturated rings. The van der Waals surface area contributed by atoms with Gasteiger partial charge in [-0.25, -0.2) is 4.79 Å². The number of methoxy groups -OCH3 is 3. The maximum atomic E-state index is 12.2. The molecule has 6 heteroatoms. The molecule has 1 aliphatic heterocycles. The lowest BCUT2D eigenvalue weighted by Crippen LogP contribution is -2.30. The third kappa shape index (κ3) is 3.19. The summed E-state index contributed by atoms with van der Waals surface area (Å²) in [7, 11) is 4.69. The Bertz CT molecular complexity index is 1000. The first kappa shape index (κ1) is 19.8. The van der Waals surface area contributed by atoms with Gasteiger partial charge in [-0.3, -0.25) is 0 Å². The number of fused-ring (bicyclic) bond motifs is 3. The molecule has 0 unspecified atom stereocenters. The molecule has 4 rings (SSSR count). The summed E-state index contributed by atoms with van der Waals surface area (Å²) in [4.78, 5) is 12.2. The fourth-order valence-corrected chi connectivity index (χ4v) is 5.21. The molecule has 3 atom stereocenters. The van der Waals surface area contributed by atoms with E-state index in [9.17, 15) is 4.79 Å². The molecule has 5 nitrogen and oxygen atoms in total. The monoisotopic (exact) mass is 457 g/mol. The predicted octanol–water partition coefficient (Wildman–Crippen LogP) is 5.39. The van der Waals surface area contributed by atoms with Crippen molar-refractivity contribution < 1.29 is 19.0 Å². The second kappa shape index (κ2) is 7.75. The number of esters is 1. The van der Waals surface area contributed by atoms with Gasteiger partial charge in [-0.15, -0.1) is 0 Å². The zero-order valence-electron chi connectivity index (χ0n) is 16.9. The highest BCUT2D eigenvalue weighted by Crippen LogP contribution is 2.52. The van der Waals surface area contributed by atoms with E-state index in [-0.39, 0.29) is 12.0 Å². The summed E-state index contributed by atoms with van der Waals surface area (Å²) in [6.45, 7) is 1.97. The van der Waals surface area contributed by atoms with Crippen LogP contribution in [-0.4, -0.2) is 27.3 Å². The highest BCUT2D eigenvalue weighted by Gasteiger charge is 2.39. The average Bonchev–Trinajstić information content (AvgIpc) is 3.22. The number of allylic oxidation sites excluding steroid dienone is 2. The predicted molar refractivity (Wildman–Crippen MR) is 116 cm³/mol. The lowest BCUT2D eigenvalue weighted by molar-refractivity contribution is 0.0600. The first-order chi connectivity index (χ1) is 14.0. The molecule has 1 N–H and O–H groups in total. The molecule has 152 valence electrons. The van der Waals surface area contributed by atoms with E-state index in [1.807, 2.05) is 19.1 Å². The SMILES string of the molecule is COC(=O)c1ccc2c(c1C)N[C@H](c1cc(Br)c(OC)c(OC)c1)[C@@H]1CC=C[C@H]21. The quantitative estimate of drug-likeness (QED) is 0.492. The first-order valence-corrected chi connectivity index (χ1v) is 10.4. The number of rotatable bonds is 4. The molecule has 2 aliphatic rings. The number of nitrogens with one attached hydrogen (secondary N) is 1. The van der Waals surface area contributed by atoms with E-state index in [1.165, 1.54) is 12.7 Å². The fraction of sp³-hybridized carbons (Fsp3) is 0.348. The third-order valence-corrected chi connectivity index (χ3v) is 6.61. The Balaban J connectivity index is 1.83. The largest absolute Gasteiger partial charge is 0.493 e. The molecule has 2 aromatic carbocycles. The Morgan fingerprint density at radius 2 is 1.97 bits per heavy atom. The van der Waals surface area contributed by atoms with Gasteiger partial charge in [0.15, 0.2) is 11.5 Å². The van der Waals surface area contributed by atoms with E-state index in [0.29, 0.717) is 28.9 Å². The zero-order chi connectivity index (χ0) is 20.7. The second-order valence-corrected chi connectivity index (χ2v) is 8.26. The molecular weight excluding hydrogens is 434 g/mol. The number of carbonyl (C=O) groups excluding carboxylic acids is 1. The molecule has 29 heavy (non-hydrogen) atoms. The summed E-state index contributed by atoms with van der Waals surface area (Å²) in [6.07, 6.45) is 5.52. The van der Waals surface area contributed by atoms with Crippen LogP contribution in [-0.2, 0) is 4.74 Å². The molecule has 0 spiro atoms. The van der Waals surface area contributed by atoms with Gasteiger partial charge in [-0.2, -0.15) is 0 Å². The standard InChI is InChI=1S/C23H24BrNO4/c1-12-14(23(26)29-4)8-9-17-15-6-5-7-16(15)21(25-20(12)17)13-10-18(24)22(28-3)19(11-13)27-2/h5-6,8-11,15-16,21,25H,7H2,1-4H3/t15-,16+,21+/m0/s1. The fourth-order valence-electron chi connectivity index (χ4n) is 4.59. The minimum Gasteiger partial charge on any atom is -0.493 e. The number of benzene rings is 2. The van der Waals surface area contributed by atoms with E-state index in [0.717, 1.165) is 27.7 Å². The van der Waals surface area contributed by atoms with E-state index in [1.54, 1.807) is 14.2 Å². The van der Waals surface area contributed by atoms with Crippen LogP contribution < -0.4 is 14.8 Å². The lowest BCUT2D eigenvalue weighted by Gasteiger charge is -2.39. The maximum absolute atomic E-state index is 12.2. The van der Waals surface area contributed by atoms with Crippen molar-refractivity contribution in [2.45, 2.75) is 25.3 Å². The van der Waals surface area contributed by atoms with Gasteiger partial charge < -0.3 is 19.5 Å². The second-order valence-electron chi connectivity index (χ2n) is 7.41. The number of hydrogen-bond acceptors (Lipinski definition) is 5. The Hall–Kier alpha value is -2.47. The number of carbonyl (C=O) groups is 1. The van der Waals surface area contributed by atoms with Gasteiger partial charge in [0.05, 0.1) is 37.4 Å². The molecule has 0 radical (unpaired) electrons. The van der Waals surface area contributed by atoms with Gasteiger partial charge in [-0.05, 0) is 70.1 Å². The van der Waals surface area contributed by atoms with Gasteiger partial charge >= 0.3 is 5.97 Å². The summed E-state index contributed by atoms with van der Waals surface area (Å²) < 4.78 is 16.8. The molecule has 1 aliphatic carbocycles. The third-order valence-electron chi connectivity index (χ3n) is 6.02. The van der Waals surface area contributed by atoms with Gasteiger partial charge in [-0.1, -0.05) is 18.2 Å². The van der Waals surface area contributed by atoms with Crippen molar-refractivity contribution in [2.24, 2.45) is 5.92 Å². The summed E-state index contributed by atoms with van der Waals surface area (Å²) >= 11 is 3.61. The first-order valence-electron chi connectivity index (χ1n) is 9.56. The number of ether oxygens (including phenoxy) is 3. The van der Waals surface area contributed by atoms with Crippen molar-refractivity contribution >= 4 is 27.6 Å². The minimum atomic E-state index is -0.318. The average molecular weight is 458 g/mol. The van der Waals surface area contributed by atoms with Crippen molar-refractivity contribution in [2.75, 3.05) is 26.6 Å². The summed E-state index contributed by atoms with van der Waals surface area (Å²) in [6, 6.07) is 8.11. The van der Waals surface area contributed by atoms with E-state index >= 15 is 0 Å². The van der Waals surface area contributed by atoms with Crippen LogP contribution in [0.3, 0.4) is 0 Å². The molecule has 0 aromatic heterocycles. The summed E-state index contributed by atoms with van der Waals surface area (Å²) in [5.41, 5.74) is 4.85. The normalized spacial score (nSPS) is 21.8. The number of anilines is 1. The molecular formula is C23H24BrNO4. The smallest absolute Gasteiger partial charge is 0.338 e. The molecule has 0 saturated carbocycles. The Labute approximate surface area is 179 Å². The molecule has 0 saturated heterocycles. The molecule has 0 bridgehead atoms. The van der Waals surface area contributed by atoms with Crippen LogP contribution in [0.1, 0.15) is 45.4 Å². The molecule has 0 amide bonds. The Kier molecular flexibility index (Phi) is 5.30. The number of halogens is 1. The van der Waals surface area contributed by atoms with Crippen LogP contribution in [0.25, 0.3) is 0 Å². The number of hydrogen-bond donors (Lipinski definition) is 1. The van der Waals surface area contributed by atoms with Crippen LogP contribution >= 0.6 is 15.9 Å². The Morgan fingerprint density at radius 1 is 1.17 bits per heavy atom. The van der Waals surface area contributed by atoms with Gasteiger partial charge in [0.25, 0.3) is 0 Å². The van der Waals surface area contributed by atoms with Gasteiger partial charge in [0.1, 0.15) is 0 Å². The highest BCUT2D eigenvalue weighted by atomic mass is 79.9. The van der Waals surface area contributed by atoms with Crippen LogP contribution in [0.2, 0.25) is 0 Å². The maximum Gasteiger partial charge on any atom is 0.338 e. The highest BCUT2D eigenvalue weighted by molar-refractivity contribution is 9.10. The van der Waals surface area contributed by atoms with Crippen molar-refractivity contribution in [1.29, 1.82) is 0 Å². The van der Waals surface area contributed by atoms with Crippen LogP contribution in [0.15, 0.2) is 40.9 Å². The lowest BCUT2D eigenvalue weighted by atomic mass is 9.76. The van der Waals surface area contributed by atoms with E-state index in [4.69, 9.17) is 14.2 Å². The van der Waals surface area contributed by atoms with Crippen LogP contribution in [0.5, 0.6) is 11.5 Å². The summed E-state index contributed by atoms with van der Waals surface area (Å²) in [5.74, 6) is 1.73. The van der Waals surface area contributed by atoms with Crippen LogP contribution in [0, 0.1) is 12.8 Å². The molecule has 2 aromatic rings. The minimum absolute atomic E-state index is 0.0743. The summed E-state index contributed by atoms with van der Waals surface area (Å²) in [5, 5.41) is 3.72. The van der Waals surface area contributed by atoms with Gasteiger partial charge in [0.2, 0.25) is 0 Å². The zero-order valence-corrected chi connectivity index (χ0v) is 18.5.